The minimum Gasteiger partial charge on any atom is -0.126 e. The van der Waals surface area contributed by atoms with Crippen molar-refractivity contribution in [3.05, 3.63) is 29.8 Å². The Kier molecular flexibility index (Phi) is 3.50. The number of hydrogen-bond acceptors (Lipinski definition) is 1. The zero-order chi connectivity index (χ0) is 8.10. The van der Waals surface area contributed by atoms with Crippen LogP contribution in [0.15, 0.2) is 29.2 Å². The fourth-order valence-electron chi connectivity index (χ4n) is 1.12. The van der Waals surface area contributed by atoms with Crippen molar-refractivity contribution in [3.63, 3.8) is 0 Å². The molecule has 0 amide bonds. The van der Waals surface area contributed by atoms with Crippen molar-refractivity contribution < 1.29 is 0 Å². The minimum atomic E-state index is 1.26. The third-order valence-corrected chi connectivity index (χ3v) is 2.72. The largest absolute Gasteiger partial charge is 0.126 e. The maximum absolute atomic E-state index is 2.22. The van der Waals surface area contributed by atoms with Crippen molar-refractivity contribution in [3.8, 4) is 0 Å². The third kappa shape index (κ3) is 2.00. The molecule has 1 aromatic rings. The van der Waals surface area contributed by atoms with E-state index in [-0.39, 0.29) is 0 Å². The predicted octanol–water partition coefficient (Wildman–Crippen LogP) is 3.36. The molecule has 60 valence electrons. The zero-order valence-electron chi connectivity index (χ0n) is 7.13. The van der Waals surface area contributed by atoms with Gasteiger partial charge in [0.25, 0.3) is 0 Å². The summed E-state index contributed by atoms with van der Waals surface area (Å²) >= 11 is 1.97. The Bertz CT molecular complexity index is 195. The lowest BCUT2D eigenvalue weighted by atomic mass is 10.2. The average Bonchev–Trinajstić information content (AvgIpc) is 2.55. The molecule has 0 unspecified atom stereocenters. The molecule has 0 spiro atoms. The molecule has 0 aromatic heterocycles. The van der Waals surface area contributed by atoms with Crippen LogP contribution in [0.25, 0.3) is 0 Å². The molecule has 0 bridgehead atoms. The van der Waals surface area contributed by atoms with Gasteiger partial charge in [0.2, 0.25) is 0 Å². The molecular formula is C10H14S. The average molecular weight is 166 g/mol. The van der Waals surface area contributed by atoms with Gasteiger partial charge in [-0.2, -0.15) is 0 Å². The third-order valence-electron chi connectivity index (χ3n) is 1.60. The number of benzene rings is 1. The Morgan fingerprint density at radius 1 is 1.18 bits per heavy atom. The van der Waals surface area contributed by atoms with E-state index in [0.717, 1.165) is 0 Å². The summed E-state index contributed by atoms with van der Waals surface area (Å²) < 4.78 is 0. The lowest BCUT2D eigenvalue weighted by Crippen LogP contribution is -1.76. The maximum atomic E-state index is 2.22. The first kappa shape index (κ1) is 8.66. The number of rotatable bonds is 0. The molecule has 0 aliphatic carbocycles. The first-order valence-electron chi connectivity index (χ1n) is 4.17. The Morgan fingerprint density at radius 3 is 2.64 bits per heavy atom. The van der Waals surface area contributed by atoms with E-state index in [9.17, 15) is 0 Å². The number of fused-ring (bicyclic) bond motifs is 1. The molecule has 1 heteroatoms. The second-order valence-corrected chi connectivity index (χ2v) is 3.34. The second kappa shape index (κ2) is 4.45. The van der Waals surface area contributed by atoms with E-state index >= 15 is 0 Å². The lowest BCUT2D eigenvalue weighted by molar-refractivity contribution is 1.15. The van der Waals surface area contributed by atoms with Crippen LogP contribution in [-0.4, -0.2) is 5.75 Å². The summed E-state index contributed by atoms with van der Waals surface area (Å²) in [5.74, 6) is 1.28. The van der Waals surface area contributed by atoms with Crippen molar-refractivity contribution in [2.75, 3.05) is 5.75 Å². The van der Waals surface area contributed by atoms with Gasteiger partial charge in [0.15, 0.2) is 0 Å². The zero-order valence-corrected chi connectivity index (χ0v) is 7.95. The van der Waals surface area contributed by atoms with Crippen LogP contribution in [0.4, 0.5) is 0 Å². The summed E-state index contributed by atoms with van der Waals surface area (Å²) in [6, 6.07) is 8.64. The van der Waals surface area contributed by atoms with Crippen molar-refractivity contribution in [2.45, 2.75) is 25.2 Å². The quantitative estimate of drug-likeness (QED) is 0.569. The predicted molar refractivity (Wildman–Crippen MR) is 52.2 cm³/mol. The van der Waals surface area contributed by atoms with Crippen LogP contribution in [0.2, 0.25) is 0 Å². The molecule has 1 aliphatic rings. The van der Waals surface area contributed by atoms with Gasteiger partial charge in [0.1, 0.15) is 0 Å². The molecule has 11 heavy (non-hydrogen) atoms. The van der Waals surface area contributed by atoms with Gasteiger partial charge < -0.3 is 0 Å². The maximum Gasteiger partial charge on any atom is 0.0104 e. The minimum absolute atomic E-state index is 1.26. The second-order valence-electron chi connectivity index (χ2n) is 2.21. The Morgan fingerprint density at radius 2 is 1.91 bits per heavy atom. The highest BCUT2D eigenvalue weighted by Crippen LogP contribution is 2.30. The van der Waals surface area contributed by atoms with Crippen LogP contribution in [0, 0.1) is 0 Å². The summed E-state index contributed by atoms with van der Waals surface area (Å²) in [5, 5.41) is 0. The van der Waals surface area contributed by atoms with Crippen molar-refractivity contribution in [1.29, 1.82) is 0 Å². The van der Waals surface area contributed by atoms with E-state index in [0.29, 0.717) is 0 Å². The topological polar surface area (TPSA) is 0 Å². The van der Waals surface area contributed by atoms with Gasteiger partial charge in [-0.1, -0.05) is 32.0 Å². The van der Waals surface area contributed by atoms with E-state index < -0.39 is 0 Å². The first-order valence-corrected chi connectivity index (χ1v) is 5.16. The number of hydrogen-bond donors (Lipinski definition) is 0. The van der Waals surface area contributed by atoms with Crippen molar-refractivity contribution in [2.24, 2.45) is 0 Å². The van der Waals surface area contributed by atoms with Gasteiger partial charge in [-0.15, -0.1) is 11.8 Å². The molecule has 0 saturated heterocycles. The summed E-state index contributed by atoms with van der Waals surface area (Å²) in [5.41, 5.74) is 1.53. The molecule has 2 rings (SSSR count). The molecule has 0 radical (unpaired) electrons. The van der Waals surface area contributed by atoms with E-state index in [1.54, 1.807) is 0 Å². The molecule has 0 atom stereocenters. The van der Waals surface area contributed by atoms with Crippen LogP contribution >= 0.6 is 11.8 Å². The van der Waals surface area contributed by atoms with Crippen molar-refractivity contribution >= 4 is 11.8 Å². The number of aryl methyl sites for hydroxylation is 1. The van der Waals surface area contributed by atoms with Crippen molar-refractivity contribution in [1.82, 2.24) is 0 Å². The number of thioether (sulfide) groups is 1. The molecule has 0 N–H and O–H groups in total. The highest BCUT2D eigenvalue weighted by Gasteiger charge is 2.07. The molecule has 0 fully saturated rings. The van der Waals surface area contributed by atoms with Crippen LogP contribution in [-0.2, 0) is 6.42 Å². The van der Waals surface area contributed by atoms with Gasteiger partial charge >= 0.3 is 0 Å². The Labute approximate surface area is 73.0 Å². The van der Waals surface area contributed by atoms with Crippen LogP contribution in [0.3, 0.4) is 0 Å². The first-order chi connectivity index (χ1) is 5.47. The van der Waals surface area contributed by atoms with E-state index in [2.05, 4.69) is 24.3 Å². The van der Waals surface area contributed by atoms with Crippen LogP contribution < -0.4 is 0 Å². The van der Waals surface area contributed by atoms with E-state index in [1.807, 2.05) is 25.6 Å². The highest BCUT2D eigenvalue weighted by molar-refractivity contribution is 7.99. The normalized spacial score (nSPS) is 13.3. The van der Waals surface area contributed by atoms with Crippen LogP contribution in [0.1, 0.15) is 19.4 Å². The highest BCUT2D eigenvalue weighted by atomic mass is 32.2. The van der Waals surface area contributed by atoms with Gasteiger partial charge in [-0.05, 0) is 18.1 Å². The lowest BCUT2D eigenvalue weighted by Gasteiger charge is -1.92. The van der Waals surface area contributed by atoms with Gasteiger partial charge in [0, 0.05) is 10.6 Å². The molecule has 1 aliphatic heterocycles. The Hall–Kier alpha value is -0.430. The summed E-state index contributed by atoms with van der Waals surface area (Å²) in [4.78, 5) is 1.48. The van der Waals surface area contributed by atoms with E-state index in [1.165, 1.54) is 22.6 Å². The summed E-state index contributed by atoms with van der Waals surface area (Å²) in [6.45, 7) is 4.00. The SMILES string of the molecule is CC.c1ccc2c(c1)CCS2. The summed E-state index contributed by atoms with van der Waals surface area (Å²) in [6.07, 6.45) is 1.26. The molecule has 1 aromatic carbocycles. The molecule has 1 heterocycles. The monoisotopic (exact) mass is 166 g/mol. The van der Waals surface area contributed by atoms with Crippen LogP contribution in [0.5, 0.6) is 0 Å². The molecule has 0 saturated carbocycles. The van der Waals surface area contributed by atoms with Gasteiger partial charge in [-0.25, -0.2) is 0 Å². The van der Waals surface area contributed by atoms with Gasteiger partial charge in [0.05, 0.1) is 0 Å². The fraction of sp³-hybridized carbons (Fsp3) is 0.400. The molecular weight excluding hydrogens is 152 g/mol. The molecule has 0 nitrogen and oxygen atoms in total. The smallest absolute Gasteiger partial charge is 0.0104 e. The standard InChI is InChI=1S/C8H8S.C2H6/c1-2-4-8-7(3-1)5-6-9-8;1-2/h1-4H,5-6H2;1-2H3. The van der Waals surface area contributed by atoms with Gasteiger partial charge in [-0.3, -0.25) is 0 Å². The fourth-order valence-corrected chi connectivity index (χ4v) is 2.19. The summed E-state index contributed by atoms with van der Waals surface area (Å²) in [7, 11) is 0. The Balaban J connectivity index is 0.000000281. The van der Waals surface area contributed by atoms with E-state index in [4.69, 9.17) is 0 Å².